The highest BCUT2D eigenvalue weighted by atomic mass is 79.9. The maximum Gasteiger partial charge on any atom is 0.251 e. The summed E-state index contributed by atoms with van der Waals surface area (Å²) in [7, 11) is 0. The van der Waals surface area contributed by atoms with Crippen molar-refractivity contribution < 1.29 is 4.79 Å². The van der Waals surface area contributed by atoms with Crippen LogP contribution in [0.4, 0.5) is 0 Å². The number of hydrogen-bond donors (Lipinski definition) is 1. The first-order valence-corrected chi connectivity index (χ1v) is 9.63. The highest BCUT2D eigenvalue weighted by Gasteiger charge is 2.24. The molecule has 0 unspecified atom stereocenters. The molecule has 3 aromatic rings. The van der Waals surface area contributed by atoms with Crippen LogP contribution in [0.5, 0.6) is 0 Å². The molecule has 0 radical (unpaired) electrons. The molecule has 3 rings (SSSR count). The first-order valence-electron chi connectivity index (χ1n) is 8.84. The topological polar surface area (TPSA) is 48.0 Å². The molecule has 0 aliphatic heterocycles. The van der Waals surface area contributed by atoms with Crippen molar-refractivity contribution in [3.05, 3.63) is 81.6 Å². The molecule has 1 amide bonds. The first kappa shape index (κ1) is 18.5. The minimum atomic E-state index is -0.371. The van der Waals surface area contributed by atoms with Crippen LogP contribution in [0.1, 0.15) is 40.7 Å². The van der Waals surface area contributed by atoms with Crippen molar-refractivity contribution in [1.29, 1.82) is 0 Å². The standard InChI is InChI=1S/C22H23BrN2O/c1-3-7-19-21(17-10-12-18(23)13-11-17)20(22(24)26)15(2)25(19)14-16-8-5-4-6-9-16/h4-6,8-13H,3,7,14H2,1-2H3,(H2,24,26). The number of nitrogens with zero attached hydrogens (tertiary/aromatic N) is 1. The molecule has 4 heteroatoms. The SMILES string of the molecule is CCCc1c(-c2ccc(Br)cc2)c(C(N)=O)c(C)n1Cc1ccccc1. The van der Waals surface area contributed by atoms with Gasteiger partial charge in [0.15, 0.2) is 0 Å². The Morgan fingerprint density at radius 1 is 1.08 bits per heavy atom. The Morgan fingerprint density at radius 3 is 2.31 bits per heavy atom. The number of carbonyl (C=O) groups excluding carboxylic acids is 1. The van der Waals surface area contributed by atoms with Crippen molar-refractivity contribution in [1.82, 2.24) is 4.57 Å². The summed E-state index contributed by atoms with van der Waals surface area (Å²) in [5.41, 5.74) is 11.7. The van der Waals surface area contributed by atoms with E-state index < -0.39 is 0 Å². The molecule has 3 nitrogen and oxygen atoms in total. The second kappa shape index (κ2) is 7.92. The third-order valence-corrected chi connectivity index (χ3v) is 5.21. The van der Waals surface area contributed by atoms with Crippen LogP contribution in [0.3, 0.4) is 0 Å². The molecular formula is C22H23BrN2O. The van der Waals surface area contributed by atoms with Crippen LogP contribution in [0, 0.1) is 6.92 Å². The van der Waals surface area contributed by atoms with E-state index in [1.54, 1.807) is 0 Å². The number of amides is 1. The fourth-order valence-corrected chi connectivity index (χ4v) is 3.77. The maximum absolute atomic E-state index is 12.3. The van der Waals surface area contributed by atoms with Gasteiger partial charge in [-0.2, -0.15) is 0 Å². The maximum atomic E-state index is 12.3. The summed E-state index contributed by atoms with van der Waals surface area (Å²) in [4.78, 5) is 12.3. The summed E-state index contributed by atoms with van der Waals surface area (Å²) < 4.78 is 3.26. The van der Waals surface area contributed by atoms with Crippen LogP contribution in [-0.2, 0) is 13.0 Å². The number of primary amides is 1. The fraction of sp³-hybridized carbons (Fsp3) is 0.227. The summed E-state index contributed by atoms with van der Waals surface area (Å²) in [6.07, 6.45) is 1.90. The van der Waals surface area contributed by atoms with Gasteiger partial charge in [0.05, 0.1) is 5.56 Å². The number of aromatic nitrogens is 1. The van der Waals surface area contributed by atoms with Gasteiger partial charge < -0.3 is 10.3 Å². The third kappa shape index (κ3) is 3.61. The average molecular weight is 411 g/mol. The average Bonchev–Trinajstić information content (AvgIpc) is 2.90. The minimum Gasteiger partial charge on any atom is -0.366 e. The predicted molar refractivity (Wildman–Crippen MR) is 110 cm³/mol. The quantitative estimate of drug-likeness (QED) is 0.586. The monoisotopic (exact) mass is 410 g/mol. The lowest BCUT2D eigenvalue weighted by molar-refractivity contribution is 0.1000. The molecule has 0 fully saturated rings. The molecule has 0 saturated heterocycles. The number of nitrogens with two attached hydrogens (primary N) is 1. The summed E-state index contributed by atoms with van der Waals surface area (Å²) in [6.45, 7) is 4.88. The predicted octanol–water partition coefficient (Wildman–Crippen LogP) is 5.33. The molecular weight excluding hydrogens is 388 g/mol. The van der Waals surface area contributed by atoms with Crippen LogP contribution in [0.25, 0.3) is 11.1 Å². The van der Waals surface area contributed by atoms with E-state index in [1.807, 2.05) is 49.4 Å². The lowest BCUT2D eigenvalue weighted by atomic mass is 9.98. The summed E-state index contributed by atoms with van der Waals surface area (Å²) >= 11 is 3.48. The Kier molecular flexibility index (Phi) is 5.62. The smallest absolute Gasteiger partial charge is 0.251 e. The van der Waals surface area contributed by atoms with Crippen LogP contribution in [0.15, 0.2) is 59.1 Å². The molecule has 0 saturated carbocycles. The Labute approximate surface area is 163 Å². The van der Waals surface area contributed by atoms with E-state index in [2.05, 4.69) is 39.6 Å². The lowest BCUT2D eigenvalue weighted by Gasteiger charge is -2.13. The van der Waals surface area contributed by atoms with Crippen molar-refractivity contribution in [2.24, 2.45) is 5.73 Å². The second-order valence-electron chi connectivity index (χ2n) is 6.47. The van der Waals surface area contributed by atoms with Crippen LogP contribution in [-0.4, -0.2) is 10.5 Å². The van der Waals surface area contributed by atoms with E-state index >= 15 is 0 Å². The van der Waals surface area contributed by atoms with E-state index in [0.29, 0.717) is 5.56 Å². The zero-order chi connectivity index (χ0) is 18.7. The molecule has 2 aromatic carbocycles. The summed E-state index contributed by atoms with van der Waals surface area (Å²) in [6, 6.07) is 18.4. The highest BCUT2D eigenvalue weighted by Crippen LogP contribution is 2.34. The van der Waals surface area contributed by atoms with E-state index in [9.17, 15) is 4.79 Å². The van der Waals surface area contributed by atoms with Gasteiger partial charge in [-0.15, -0.1) is 0 Å². The van der Waals surface area contributed by atoms with Gasteiger partial charge in [-0.3, -0.25) is 4.79 Å². The normalized spacial score (nSPS) is 10.9. The number of carbonyl (C=O) groups is 1. The summed E-state index contributed by atoms with van der Waals surface area (Å²) in [5, 5.41) is 0. The summed E-state index contributed by atoms with van der Waals surface area (Å²) in [5.74, 6) is -0.371. The van der Waals surface area contributed by atoms with E-state index in [4.69, 9.17) is 5.73 Å². The van der Waals surface area contributed by atoms with Crippen LogP contribution in [0.2, 0.25) is 0 Å². The van der Waals surface area contributed by atoms with E-state index in [0.717, 1.165) is 40.7 Å². The lowest BCUT2D eigenvalue weighted by Crippen LogP contribution is -2.13. The minimum absolute atomic E-state index is 0.371. The van der Waals surface area contributed by atoms with Crippen molar-refractivity contribution in [2.45, 2.75) is 33.2 Å². The molecule has 0 atom stereocenters. The largest absolute Gasteiger partial charge is 0.366 e. The molecule has 0 bridgehead atoms. The van der Waals surface area contributed by atoms with E-state index in [-0.39, 0.29) is 5.91 Å². The molecule has 0 aliphatic carbocycles. The van der Waals surface area contributed by atoms with Gasteiger partial charge in [-0.05, 0) is 36.6 Å². The third-order valence-electron chi connectivity index (χ3n) is 4.68. The van der Waals surface area contributed by atoms with Crippen molar-refractivity contribution >= 4 is 21.8 Å². The van der Waals surface area contributed by atoms with Crippen molar-refractivity contribution in [3.8, 4) is 11.1 Å². The Balaban J connectivity index is 2.22. The molecule has 0 aliphatic rings. The zero-order valence-corrected chi connectivity index (χ0v) is 16.7. The molecule has 134 valence electrons. The van der Waals surface area contributed by atoms with Crippen LogP contribution >= 0.6 is 15.9 Å². The zero-order valence-electron chi connectivity index (χ0n) is 15.1. The second-order valence-corrected chi connectivity index (χ2v) is 7.39. The molecule has 2 N–H and O–H groups in total. The molecule has 1 heterocycles. The number of hydrogen-bond acceptors (Lipinski definition) is 1. The van der Waals surface area contributed by atoms with Gasteiger partial charge in [0.1, 0.15) is 0 Å². The number of halogens is 1. The Bertz CT molecular complexity index is 912. The van der Waals surface area contributed by atoms with Gasteiger partial charge in [-0.25, -0.2) is 0 Å². The Morgan fingerprint density at radius 2 is 1.73 bits per heavy atom. The number of benzene rings is 2. The fourth-order valence-electron chi connectivity index (χ4n) is 3.50. The molecule has 0 spiro atoms. The first-order chi connectivity index (χ1) is 12.5. The van der Waals surface area contributed by atoms with Gasteiger partial charge in [0.2, 0.25) is 0 Å². The Hall–Kier alpha value is -2.33. The van der Waals surface area contributed by atoms with Crippen molar-refractivity contribution in [2.75, 3.05) is 0 Å². The van der Waals surface area contributed by atoms with Crippen LogP contribution < -0.4 is 5.73 Å². The van der Waals surface area contributed by atoms with Gasteiger partial charge in [0.25, 0.3) is 5.91 Å². The van der Waals surface area contributed by atoms with E-state index in [1.165, 1.54) is 11.3 Å². The highest BCUT2D eigenvalue weighted by molar-refractivity contribution is 9.10. The van der Waals surface area contributed by atoms with Gasteiger partial charge in [-0.1, -0.05) is 71.7 Å². The number of rotatable bonds is 6. The van der Waals surface area contributed by atoms with Gasteiger partial charge in [0, 0.05) is 28.0 Å². The van der Waals surface area contributed by atoms with Gasteiger partial charge >= 0.3 is 0 Å². The van der Waals surface area contributed by atoms with Crippen molar-refractivity contribution in [3.63, 3.8) is 0 Å². The molecule has 1 aromatic heterocycles. The molecule has 26 heavy (non-hydrogen) atoms.